The summed E-state index contributed by atoms with van der Waals surface area (Å²) in [6.07, 6.45) is 0. The normalized spacial score (nSPS) is 20.1. The zero-order valence-corrected chi connectivity index (χ0v) is 10.3. The lowest BCUT2D eigenvalue weighted by Gasteiger charge is -2.34. The van der Waals surface area contributed by atoms with Gasteiger partial charge in [-0.1, -0.05) is 12.1 Å². The summed E-state index contributed by atoms with van der Waals surface area (Å²) in [5.41, 5.74) is 0.642. The first-order chi connectivity index (χ1) is 8.24. The quantitative estimate of drug-likeness (QED) is 0.834. The number of hydrogen-bond acceptors (Lipinski definition) is 3. The molecule has 2 rings (SSSR count). The highest BCUT2D eigenvalue weighted by atomic mass is 16.5. The summed E-state index contributed by atoms with van der Waals surface area (Å²) in [4.78, 5) is 14.3. The van der Waals surface area contributed by atoms with Crippen molar-refractivity contribution in [2.75, 3.05) is 26.7 Å². The molecule has 1 N–H and O–H groups in total. The van der Waals surface area contributed by atoms with E-state index in [1.54, 1.807) is 7.11 Å². The number of ether oxygens (including phenoxy) is 1. The third kappa shape index (κ3) is 2.42. The maximum absolute atomic E-state index is 12.4. The number of nitrogens with zero attached hydrogens (tertiary/aromatic N) is 1. The second kappa shape index (κ2) is 5.19. The van der Waals surface area contributed by atoms with Gasteiger partial charge in [0.25, 0.3) is 5.91 Å². The largest absolute Gasteiger partial charge is 0.496 e. The van der Waals surface area contributed by atoms with Gasteiger partial charge < -0.3 is 15.0 Å². The summed E-state index contributed by atoms with van der Waals surface area (Å²) < 4.78 is 5.23. The van der Waals surface area contributed by atoms with Crippen LogP contribution in [0.15, 0.2) is 24.3 Å². The van der Waals surface area contributed by atoms with Gasteiger partial charge in [0.2, 0.25) is 0 Å². The summed E-state index contributed by atoms with van der Waals surface area (Å²) in [6, 6.07) is 7.59. The maximum Gasteiger partial charge on any atom is 0.257 e. The number of rotatable bonds is 2. The van der Waals surface area contributed by atoms with Crippen LogP contribution in [0.5, 0.6) is 5.75 Å². The van der Waals surface area contributed by atoms with Crippen molar-refractivity contribution >= 4 is 5.91 Å². The molecular weight excluding hydrogens is 216 g/mol. The standard InChI is InChI=1S/C13H18N2O2/c1-10-9-14-7-8-15(10)13(16)11-5-3-4-6-12(11)17-2/h3-6,10,14H,7-9H2,1-2H3. The molecule has 1 unspecified atom stereocenters. The number of nitrogens with one attached hydrogen (secondary N) is 1. The molecule has 92 valence electrons. The van der Waals surface area contributed by atoms with E-state index in [0.717, 1.165) is 19.6 Å². The fraction of sp³-hybridized carbons (Fsp3) is 0.462. The van der Waals surface area contributed by atoms with Crippen molar-refractivity contribution in [3.8, 4) is 5.75 Å². The van der Waals surface area contributed by atoms with E-state index in [1.807, 2.05) is 29.2 Å². The van der Waals surface area contributed by atoms with Crippen LogP contribution in [0.1, 0.15) is 17.3 Å². The lowest BCUT2D eigenvalue weighted by atomic mass is 10.1. The van der Waals surface area contributed by atoms with Crippen LogP contribution in [-0.4, -0.2) is 43.6 Å². The average molecular weight is 234 g/mol. The number of para-hydroxylation sites is 1. The van der Waals surface area contributed by atoms with Gasteiger partial charge >= 0.3 is 0 Å². The highest BCUT2D eigenvalue weighted by Crippen LogP contribution is 2.20. The van der Waals surface area contributed by atoms with Crippen LogP contribution in [-0.2, 0) is 0 Å². The molecule has 1 saturated heterocycles. The zero-order valence-electron chi connectivity index (χ0n) is 10.3. The van der Waals surface area contributed by atoms with Gasteiger partial charge in [-0.15, -0.1) is 0 Å². The van der Waals surface area contributed by atoms with E-state index in [9.17, 15) is 4.79 Å². The van der Waals surface area contributed by atoms with Crippen LogP contribution in [0.3, 0.4) is 0 Å². The Bertz CT molecular complexity index is 406. The second-order valence-corrected chi connectivity index (χ2v) is 4.25. The molecule has 0 saturated carbocycles. The maximum atomic E-state index is 12.4. The smallest absolute Gasteiger partial charge is 0.257 e. The van der Waals surface area contributed by atoms with Crippen molar-refractivity contribution in [3.63, 3.8) is 0 Å². The summed E-state index contributed by atoms with van der Waals surface area (Å²) >= 11 is 0. The molecule has 0 radical (unpaired) electrons. The molecule has 0 aliphatic carbocycles. The van der Waals surface area contributed by atoms with Crippen molar-refractivity contribution < 1.29 is 9.53 Å². The Labute approximate surface area is 102 Å². The number of methoxy groups -OCH3 is 1. The number of amides is 1. The van der Waals surface area contributed by atoms with Crippen molar-refractivity contribution in [3.05, 3.63) is 29.8 Å². The molecule has 1 heterocycles. The fourth-order valence-electron chi connectivity index (χ4n) is 2.12. The Kier molecular flexibility index (Phi) is 3.64. The van der Waals surface area contributed by atoms with Gasteiger partial charge in [0, 0.05) is 25.7 Å². The topological polar surface area (TPSA) is 41.6 Å². The molecular formula is C13H18N2O2. The number of hydrogen-bond donors (Lipinski definition) is 1. The Balaban J connectivity index is 2.23. The molecule has 1 aliphatic heterocycles. The minimum atomic E-state index is 0.0523. The van der Waals surface area contributed by atoms with Crippen molar-refractivity contribution in [2.24, 2.45) is 0 Å². The van der Waals surface area contributed by atoms with Crippen LogP contribution < -0.4 is 10.1 Å². The minimum absolute atomic E-state index is 0.0523. The first-order valence-corrected chi connectivity index (χ1v) is 5.88. The van der Waals surface area contributed by atoms with Crippen LogP contribution in [0.25, 0.3) is 0 Å². The van der Waals surface area contributed by atoms with E-state index in [4.69, 9.17) is 4.74 Å². The third-order valence-electron chi connectivity index (χ3n) is 3.10. The van der Waals surface area contributed by atoms with Gasteiger partial charge in [0.05, 0.1) is 12.7 Å². The van der Waals surface area contributed by atoms with Crippen LogP contribution in [0, 0.1) is 0 Å². The molecule has 0 spiro atoms. The summed E-state index contributed by atoms with van der Waals surface area (Å²) in [7, 11) is 1.59. The summed E-state index contributed by atoms with van der Waals surface area (Å²) in [5, 5.41) is 3.27. The van der Waals surface area contributed by atoms with E-state index >= 15 is 0 Å². The van der Waals surface area contributed by atoms with E-state index in [2.05, 4.69) is 12.2 Å². The number of carbonyl (C=O) groups excluding carboxylic acids is 1. The van der Waals surface area contributed by atoms with Crippen LogP contribution in [0.2, 0.25) is 0 Å². The molecule has 1 aromatic carbocycles. The van der Waals surface area contributed by atoms with Gasteiger partial charge in [0.1, 0.15) is 5.75 Å². The molecule has 4 nitrogen and oxygen atoms in total. The first kappa shape index (κ1) is 11.9. The molecule has 1 aromatic rings. The molecule has 1 atom stereocenters. The molecule has 0 bridgehead atoms. The predicted molar refractivity (Wildman–Crippen MR) is 66.4 cm³/mol. The van der Waals surface area contributed by atoms with E-state index in [1.165, 1.54) is 0 Å². The summed E-state index contributed by atoms with van der Waals surface area (Å²) in [5.74, 6) is 0.694. The highest BCUT2D eigenvalue weighted by molar-refractivity contribution is 5.97. The van der Waals surface area contributed by atoms with Gasteiger partial charge in [-0.05, 0) is 19.1 Å². The van der Waals surface area contributed by atoms with Gasteiger partial charge in [-0.3, -0.25) is 4.79 Å². The number of carbonyl (C=O) groups is 1. The Morgan fingerprint density at radius 3 is 2.94 bits per heavy atom. The van der Waals surface area contributed by atoms with E-state index < -0.39 is 0 Å². The first-order valence-electron chi connectivity index (χ1n) is 5.88. The van der Waals surface area contributed by atoms with Crippen molar-refractivity contribution in [2.45, 2.75) is 13.0 Å². The van der Waals surface area contributed by atoms with Gasteiger partial charge in [-0.25, -0.2) is 0 Å². The zero-order chi connectivity index (χ0) is 12.3. The number of benzene rings is 1. The Morgan fingerprint density at radius 1 is 1.47 bits per heavy atom. The monoisotopic (exact) mass is 234 g/mol. The predicted octanol–water partition coefficient (Wildman–Crippen LogP) is 1.13. The van der Waals surface area contributed by atoms with Crippen molar-refractivity contribution in [1.29, 1.82) is 0 Å². The van der Waals surface area contributed by atoms with E-state index in [0.29, 0.717) is 11.3 Å². The Morgan fingerprint density at radius 2 is 2.24 bits per heavy atom. The molecule has 17 heavy (non-hydrogen) atoms. The van der Waals surface area contributed by atoms with Crippen LogP contribution in [0.4, 0.5) is 0 Å². The highest BCUT2D eigenvalue weighted by Gasteiger charge is 2.25. The van der Waals surface area contributed by atoms with E-state index in [-0.39, 0.29) is 11.9 Å². The molecule has 4 heteroatoms. The lowest BCUT2D eigenvalue weighted by molar-refractivity contribution is 0.0652. The fourth-order valence-corrected chi connectivity index (χ4v) is 2.12. The molecule has 1 amide bonds. The summed E-state index contributed by atoms with van der Waals surface area (Å²) in [6.45, 7) is 4.50. The number of piperazine rings is 1. The Hall–Kier alpha value is -1.55. The second-order valence-electron chi connectivity index (χ2n) is 4.25. The average Bonchev–Trinajstić information content (AvgIpc) is 2.38. The van der Waals surface area contributed by atoms with Crippen molar-refractivity contribution in [1.82, 2.24) is 10.2 Å². The minimum Gasteiger partial charge on any atom is -0.496 e. The lowest BCUT2D eigenvalue weighted by Crippen LogP contribution is -2.52. The molecule has 0 aromatic heterocycles. The SMILES string of the molecule is COc1ccccc1C(=O)N1CCNCC1C. The third-order valence-corrected chi connectivity index (χ3v) is 3.10. The van der Waals surface area contributed by atoms with Crippen LogP contribution >= 0.6 is 0 Å². The molecule has 1 aliphatic rings. The molecule has 1 fully saturated rings. The van der Waals surface area contributed by atoms with Gasteiger partial charge in [-0.2, -0.15) is 0 Å². The van der Waals surface area contributed by atoms with Gasteiger partial charge in [0.15, 0.2) is 0 Å².